The first-order valence-electron chi connectivity index (χ1n) is 10.0. The molecule has 0 saturated carbocycles. The fraction of sp³-hybridized carbons (Fsp3) is 0.250. The summed E-state index contributed by atoms with van der Waals surface area (Å²) < 4.78 is 30.2. The van der Waals surface area contributed by atoms with Crippen LogP contribution in [0.2, 0.25) is 0 Å². The Balaban J connectivity index is 1.79. The van der Waals surface area contributed by atoms with Crippen molar-refractivity contribution in [3.63, 3.8) is 0 Å². The number of aromatic nitrogens is 2. The van der Waals surface area contributed by atoms with Crippen LogP contribution in [0.15, 0.2) is 65.8 Å². The third-order valence-corrected chi connectivity index (χ3v) is 6.69. The van der Waals surface area contributed by atoms with Crippen LogP contribution in [0, 0.1) is 11.8 Å². The Hall–Kier alpha value is -3.21. The number of sulfone groups is 1. The predicted octanol–water partition coefficient (Wildman–Crippen LogP) is 3.45. The lowest BCUT2D eigenvalue weighted by Crippen LogP contribution is -2.13. The lowest BCUT2D eigenvalue weighted by atomic mass is 10.1. The van der Waals surface area contributed by atoms with Gasteiger partial charge in [0.2, 0.25) is 0 Å². The molecule has 0 fully saturated rings. The van der Waals surface area contributed by atoms with Gasteiger partial charge in [-0.05, 0) is 63.1 Å². The van der Waals surface area contributed by atoms with Crippen molar-refractivity contribution in [2.45, 2.75) is 30.4 Å². The predicted molar refractivity (Wildman–Crippen MR) is 121 cm³/mol. The summed E-state index contributed by atoms with van der Waals surface area (Å²) in [5.74, 6) is 6.84. The largest absolute Gasteiger partial charge is 0.494 e. The molecule has 7 heteroatoms. The average molecular weight is 436 g/mol. The number of benzene rings is 2. The van der Waals surface area contributed by atoms with E-state index in [1.54, 1.807) is 50.5 Å². The summed E-state index contributed by atoms with van der Waals surface area (Å²) in [6.07, 6.45) is 4.02. The van der Waals surface area contributed by atoms with E-state index in [1.807, 2.05) is 24.3 Å². The molecule has 0 aliphatic rings. The molecule has 2 aromatic carbocycles. The maximum absolute atomic E-state index is 12.3. The second-order valence-electron chi connectivity index (χ2n) is 7.18. The normalized spacial score (nSPS) is 11.1. The summed E-state index contributed by atoms with van der Waals surface area (Å²) in [5.41, 5.74) is 8.21. The highest BCUT2D eigenvalue weighted by Crippen LogP contribution is 2.21. The number of nitrogens with zero attached hydrogens (tertiary/aromatic N) is 2. The molecular weight excluding hydrogens is 410 g/mol. The maximum atomic E-state index is 12.3. The van der Waals surface area contributed by atoms with Gasteiger partial charge in [0.15, 0.2) is 9.84 Å². The zero-order chi connectivity index (χ0) is 22.3. The first-order chi connectivity index (χ1) is 14.9. The fourth-order valence-electron chi connectivity index (χ4n) is 2.73. The lowest BCUT2D eigenvalue weighted by Gasteiger charge is -2.08. The first-order valence-corrected chi connectivity index (χ1v) is 11.6. The van der Waals surface area contributed by atoms with Crippen molar-refractivity contribution in [2.75, 3.05) is 13.2 Å². The molecule has 0 atom stereocenters. The molecule has 0 unspecified atom stereocenters. The van der Waals surface area contributed by atoms with Gasteiger partial charge in [-0.3, -0.25) is 4.98 Å². The van der Waals surface area contributed by atoms with Gasteiger partial charge in [0.1, 0.15) is 11.4 Å². The summed E-state index contributed by atoms with van der Waals surface area (Å²) in [6.45, 7) is 4.49. The van der Waals surface area contributed by atoms with Gasteiger partial charge in [0.05, 0.1) is 34.8 Å². The van der Waals surface area contributed by atoms with Crippen molar-refractivity contribution >= 4 is 9.84 Å². The highest BCUT2D eigenvalue weighted by molar-refractivity contribution is 7.92. The lowest BCUT2D eigenvalue weighted by molar-refractivity contribution is 0.313. The second-order valence-corrected chi connectivity index (χ2v) is 9.68. The van der Waals surface area contributed by atoms with Crippen molar-refractivity contribution in [3.8, 4) is 28.8 Å². The standard InChI is InChI=1S/C24H25N3O3S/c1-18(2)31(28,29)23-11-8-20(9-12-23)24-17-26-16-21(27-24)10-7-19-5-3-6-22(15-19)30-14-4-13-25/h3,5-6,8-9,11-12,15-18H,4,13-14,25H2,1-2H3. The molecule has 0 spiro atoms. The van der Waals surface area contributed by atoms with Crippen molar-refractivity contribution in [3.05, 3.63) is 72.2 Å². The molecule has 6 nitrogen and oxygen atoms in total. The Kier molecular flexibility index (Phi) is 7.40. The van der Waals surface area contributed by atoms with Gasteiger partial charge in [-0.25, -0.2) is 13.4 Å². The summed E-state index contributed by atoms with van der Waals surface area (Å²) in [6, 6.07) is 14.2. The molecule has 0 aliphatic heterocycles. The van der Waals surface area contributed by atoms with Crippen LogP contribution in [-0.4, -0.2) is 36.8 Å². The minimum atomic E-state index is -3.31. The molecule has 0 radical (unpaired) electrons. The van der Waals surface area contributed by atoms with E-state index in [1.165, 1.54) is 0 Å². The Bertz CT molecular complexity index is 1190. The molecule has 2 N–H and O–H groups in total. The molecular formula is C24H25N3O3S. The van der Waals surface area contributed by atoms with Gasteiger partial charge in [0.25, 0.3) is 0 Å². The molecule has 0 saturated heterocycles. The molecule has 3 aromatic rings. The Morgan fingerprint density at radius 2 is 1.84 bits per heavy atom. The van der Waals surface area contributed by atoms with Crippen molar-refractivity contribution < 1.29 is 13.2 Å². The summed E-state index contributed by atoms with van der Waals surface area (Å²) >= 11 is 0. The Labute approximate surface area is 183 Å². The molecule has 0 bridgehead atoms. The van der Waals surface area contributed by atoms with Crippen LogP contribution in [0.5, 0.6) is 5.75 Å². The SMILES string of the molecule is CC(C)S(=O)(=O)c1ccc(-c2cncc(C#Cc3cccc(OCCCN)c3)n2)cc1. The van der Waals surface area contributed by atoms with E-state index in [-0.39, 0.29) is 0 Å². The minimum Gasteiger partial charge on any atom is -0.494 e. The average Bonchev–Trinajstić information content (AvgIpc) is 2.78. The highest BCUT2D eigenvalue weighted by atomic mass is 32.2. The van der Waals surface area contributed by atoms with E-state index in [0.717, 1.165) is 23.3 Å². The van der Waals surface area contributed by atoms with E-state index in [2.05, 4.69) is 21.8 Å². The first kappa shape index (κ1) is 22.5. The molecule has 31 heavy (non-hydrogen) atoms. The number of hydrogen-bond donors (Lipinski definition) is 1. The van der Waals surface area contributed by atoms with Crippen LogP contribution in [0.1, 0.15) is 31.5 Å². The monoisotopic (exact) mass is 435 g/mol. The summed E-state index contributed by atoms with van der Waals surface area (Å²) in [5, 5.41) is -0.471. The van der Waals surface area contributed by atoms with Crippen molar-refractivity contribution in [1.82, 2.24) is 9.97 Å². The van der Waals surface area contributed by atoms with Crippen molar-refractivity contribution in [2.24, 2.45) is 5.73 Å². The Morgan fingerprint density at radius 1 is 1.06 bits per heavy atom. The summed E-state index contributed by atoms with van der Waals surface area (Å²) in [7, 11) is -3.31. The zero-order valence-electron chi connectivity index (χ0n) is 17.6. The van der Waals surface area contributed by atoms with Crippen molar-refractivity contribution in [1.29, 1.82) is 0 Å². The van der Waals surface area contributed by atoms with E-state index in [9.17, 15) is 8.42 Å². The van der Waals surface area contributed by atoms with Crippen LogP contribution in [0.4, 0.5) is 0 Å². The molecule has 1 heterocycles. The number of ether oxygens (including phenoxy) is 1. The molecule has 0 amide bonds. The van der Waals surface area contributed by atoms with Gasteiger partial charge in [-0.1, -0.05) is 24.1 Å². The maximum Gasteiger partial charge on any atom is 0.180 e. The van der Waals surface area contributed by atoms with E-state index in [0.29, 0.717) is 29.4 Å². The Morgan fingerprint density at radius 3 is 2.55 bits per heavy atom. The van der Waals surface area contributed by atoms with Crippen LogP contribution in [0.25, 0.3) is 11.3 Å². The van der Waals surface area contributed by atoms with E-state index < -0.39 is 15.1 Å². The zero-order valence-corrected chi connectivity index (χ0v) is 18.4. The van der Waals surface area contributed by atoms with Crippen LogP contribution < -0.4 is 10.5 Å². The molecule has 1 aromatic heterocycles. The third kappa shape index (κ3) is 5.91. The van der Waals surface area contributed by atoms with Gasteiger partial charge in [-0.2, -0.15) is 0 Å². The third-order valence-electron chi connectivity index (χ3n) is 4.52. The van der Waals surface area contributed by atoms with Gasteiger partial charge in [0, 0.05) is 11.1 Å². The number of rotatable bonds is 7. The van der Waals surface area contributed by atoms with Crippen LogP contribution in [0.3, 0.4) is 0 Å². The fourth-order valence-corrected chi connectivity index (χ4v) is 3.79. The number of nitrogens with two attached hydrogens (primary N) is 1. The van der Waals surface area contributed by atoms with Gasteiger partial charge >= 0.3 is 0 Å². The van der Waals surface area contributed by atoms with Gasteiger partial charge < -0.3 is 10.5 Å². The molecule has 3 rings (SSSR count). The summed E-state index contributed by atoms with van der Waals surface area (Å²) in [4.78, 5) is 9.05. The van der Waals surface area contributed by atoms with Crippen LogP contribution in [-0.2, 0) is 9.84 Å². The molecule has 0 aliphatic carbocycles. The second kappa shape index (κ2) is 10.2. The molecule has 160 valence electrons. The smallest absolute Gasteiger partial charge is 0.180 e. The topological polar surface area (TPSA) is 95.2 Å². The van der Waals surface area contributed by atoms with Crippen LogP contribution >= 0.6 is 0 Å². The number of hydrogen-bond acceptors (Lipinski definition) is 6. The highest BCUT2D eigenvalue weighted by Gasteiger charge is 2.18. The van der Waals surface area contributed by atoms with E-state index in [4.69, 9.17) is 10.5 Å². The minimum absolute atomic E-state index is 0.295. The van der Waals surface area contributed by atoms with Gasteiger partial charge in [-0.15, -0.1) is 0 Å². The van der Waals surface area contributed by atoms with E-state index >= 15 is 0 Å². The quantitative estimate of drug-likeness (QED) is 0.451.